The van der Waals surface area contributed by atoms with Crippen LogP contribution in [0.2, 0.25) is 0 Å². The van der Waals surface area contributed by atoms with Crippen molar-refractivity contribution in [2.45, 2.75) is 23.4 Å². The van der Waals surface area contributed by atoms with E-state index in [0.29, 0.717) is 6.61 Å². The van der Waals surface area contributed by atoms with E-state index >= 15 is 0 Å². The van der Waals surface area contributed by atoms with Gasteiger partial charge in [-0.2, -0.15) is 0 Å². The molecular weight excluding hydrogens is 388 g/mol. The quantitative estimate of drug-likeness (QED) is 0.400. The molecule has 8 heteroatoms. The Morgan fingerprint density at radius 2 is 1.88 bits per heavy atom. The van der Waals surface area contributed by atoms with Gasteiger partial charge in [0, 0.05) is 22.1 Å². The van der Waals surface area contributed by atoms with Crippen LogP contribution in [0.3, 0.4) is 0 Å². The topological polar surface area (TPSA) is 61.3 Å². The standard InChI is InChI=1S/C18H18N2O3S3/c1-3-23-16(21)8-13-9-25-18(20-13)26-11-14-10-24-17(19-14)12-4-6-15(22-2)7-5-12/h4-7,9-10H,3,8,11H2,1-2H3. The number of ether oxygens (including phenoxy) is 2. The zero-order valence-electron chi connectivity index (χ0n) is 14.4. The first kappa shape index (κ1) is 18.9. The van der Waals surface area contributed by atoms with Crippen molar-refractivity contribution in [3.8, 4) is 16.3 Å². The largest absolute Gasteiger partial charge is 0.497 e. The number of carbonyl (C=O) groups is 1. The Morgan fingerprint density at radius 1 is 1.12 bits per heavy atom. The second-order valence-electron chi connectivity index (χ2n) is 5.25. The molecule has 0 radical (unpaired) electrons. The summed E-state index contributed by atoms with van der Waals surface area (Å²) in [5.41, 5.74) is 2.86. The molecule has 0 bridgehead atoms. The molecule has 0 N–H and O–H groups in total. The Kier molecular flexibility index (Phi) is 6.65. The zero-order chi connectivity index (χ0) is 18.4. The van der Waals surface area contributed by atoms with Gasteiger partial charge in [-0.15, -0.1) is 22.7 Å². The van der Waals surface area contributed by atoms with Gasteiger partial charge in [-0.1, -0.05) is 11.8 Å². The molecule has 0 aliphatic rings. The fourth-order valence-corrected chi connectivity index (χ4v) is 4.84. The predicted molar refractivity (Wildman–Crippen MR) is 106 cm³/mol. The number of rotatable bonds is 8. The fourth-order valence-electron chi connectivity index (χ4n) is 2.17. The van der Waals surface area contributed by atoms with Crippen LogP contribution >= 0.6 is 34.4 Å². The van der Waals surface area contributed by atoms with Crippen LogP contribution in [0.25, 0.3) is 10.6 Å². The minimum atomic E-state index is -0.238. The zero-order valence-corrected chi connectivity index (χ0v) is 16.9. The summed E-state index contributed by atoms with van der Waals surface area (Å²) in [6.07, 6.45) is 0.225. The van der Waals surface area contributed by atoms with Crippen molar-refractivity contribution < 1.29 is 14.3 Å². The van der Waals surface area contributed by atoms with Crippen LogP contribution in [0.4, 0.5) is 0 Å². The molecule has 0 spiro atoms. The van der Waals surface area contributed by atoms with Crippen molar-refractivity contribution in [3.05, 3.63) is 46.4 Å². The van der Waals surface area contributed by atoms with E-state index < -0.39 is 0 Å². The highest BCUT2D eigenvalue weighted by molar-refractivity contribution is 8.00. The molecule has 0 fully saturated rings. The van der Waals surface area contributed by atoms with Gasteiger partial charge in [-0.05, 0) is 31.2 Å². The first-order valence-electron chi connectivity index (χ1n) is 7.99. The van der Waals surface area contributed by atoms with Crippen molar-refractivity contribution in [2.24, 2.45) is 0 Å². The number of hydrogen-bond donors (Lipinski definition) is 0. The van der Waals surface area contributed by atoms with Crippen LogP contribution in [0.15, 0.2) is 39.4 Å². The van der Waals surface area contributed by atoms with Crippen molar-refractivity contribution in [1.29, 1.82) is 0 Å². The molecule has 0 atom stereocenters. The number of methoxy groups -OCH3 is 1. The highest BCUT2D eigenvalue weighted by Gasteiger charge is 2.10. The van der Waals surface area contributed by atoms with Crippen molar-refractivity contribution >= 4 is 40.4 Å². The van der Waals surface area contributed by atoms with Crippen LogP contribution in [0.1, 0.15) is 18.3 Å². The number of carbonyl (C=O) groups excluding carboxylic acids is 1. The number of esters is 1. The maximum absolute atomic E-state index is 11.5. The maximum Gasteiger partial charge on any atom is 0.311 e. The lowest BCUT2D eigenvalue weighted by Crippen LogP contribution is -2.07. The summed E-state index contributed by atoms with van der Waals surface area (Å²) in [7, 11) is 1.66. The summed E-state index contributed by atoms with van der Waals surface area (Å²) < 4.78 is 11.1. The Morgan fingerprint density at radius 3 is 2.62 bits per heavy atom. The molecule has 0 saturated carbocycles. The van der Waals surface area contributed by atoms with E-state index in [1.54, 1.807) is 48.5 Å². The maximum atomic E-state index is 11.5. The average Bonchev–Trinajstić information content (AvgIpc) is 3.29. The van der Waals surface area contributed by atoms with Gasteiger partial charge in [0.15, 0.2) is 4.34 Å². The molecular formula is C18H18N2O3S3. The summed E-state index contributed by atoms with van der Waals surface area (Å²) in [5, 5.41) is 4.97. The second-order valence-corrected chi connectivity index (χ2v) is 8.19. The minimum absolute atomic E-state index is 0.225. The number of thiazole rings is 2. The lowest BCUT2D eigenvalue weighted by molar-refractivity contribution is -0.142. The summed E-state index contributed by atoms with van der Waals surface area (Å²) >= 11 is 4.80. The lowest BCUT2D eigenvalue weighted by atomic mass is 10.2. The number of nitrogens with zero attached hydrogens (tertiary/aromatic N) is 2. The molecule has 0 saturated heterocycles. The van der Waals surface area contributed by atoms with Gasteiger partial charge in [0.05, 0.1) is 31.5 Å². The van der Waals surface area contributed by atoms with Gasteiger partial charge in [0.1, 0.15) is 10.8 Å². The lowest BCUT2D eigenvalue weighted by Gasteiger charge is -2.00. The van der Waals surface area contributed by atoms with E-state index in [9.17, 15) is 4.79 Å². The number of hydrogen-bond acceptors (Lipinski definition) is 8. The van der Waals surface area contributed by atoms with Crippen molar-refractivity contribution in [1.82, 2.24) is 9.97 Å². The Labute approximate surface area is 164 Å². The molecule has 1 aromatic carbocycles. The smallest absolute Gasteiger partial charge is 0.311 e. The molecule has 3 rings (SSSR count). The summed E-state index contributed by atoms with van der Waals surface area (Å²) in [6.45, 7) is 2.19. The molecule has 5 nitrogen and oxygen atoms in total. The van der Waals surface area contributed by atoms with Crippen LogP contribution in [-0.2, 0) is 21.7 Å². The van der Waals surface area contributed by atoms with Crippen LogP contribution < -0.4 is 4.74 Å². The Balaban J connectivity index is 1.56. The Bertz CT molecular complexity index is 859. The molecule has 136 valence electrons. The number of benzene rings is 1. The monoisotopic (exact) mass is 406 g/mol. The average molecular weight is 407 g/mol. The molecule has 0 aliphatic heterocycles. The third-order valence-corrected chi connectivity index (χ3v) is 6.44. The summed E-state index contributed by atoms with van der Waals surface area (Å²) in [6, 6.07) is 7.89. The first-order chi connectivity index (χ1) is 12.7. The van der Waals surface area contributed by atoms with Gasteiger partial charge >= 0.3 is 5.97 Å². The van der Waals surface area contributed by atoms with Gasteiger partial charge in [0.2, 0.25) is 0 Å². The Hall–Kier alpha value is -1.90. The van der Waals surface area contributed by atoms with Crippen LogP contribution in [0, 0.1) is 0 Å². The van der Waals surface area contributed by atoms with E-state index in [-0.39, 0.29) is 12.4 Å². The molecule has 0 aliphatic carbocycles. The highest BCUT2D eigenvalue weighted by Crippen LogP contribution is 2.30. The van der Waals surface area contributed by atoms with Crippen LogP contribution in [0.5, 0.6) is 5.75 Å². The molecule has 3 aromatic rings. The van der Waals surface area contributed by atoms with Gasteiger partial charge in [0.25, 0.3) is 0 Å². The summed E-state index contributed by atoms with van der Waals surface area (Å²) in [4.78, 5) is 20.7. The van der Waals surface area contributed by atoms with Gasteiger partial charge in [-0.3, -0.25) is 4.79 Å². The number of thioether (sulfide) groups is 1. The van der Waals surface area contributed by atoms with Crippen LogP contribution in [-0.4, -0.2) is 29.7 Å². The molecule has 0 amide bonds. The summed E-state index contributed by atoms with van der Waals surface area (Å²) in [5.74, 6) is 1.35. The number of aromatic nitrogens is 2. The first-order valence-corrected chi connectivity index (χ1v) is 10.7. The minimum Gasteiger partial charge on any atom is -0.497 e. The fraction of sp³-hybridized carbons (Fsp3) is 0.278. The highest BCUT2D eigenvalue weighted by atomic mass is 32.2. The van der Waals surface area contributed by atoms with Gasteiger partial charge < -0.3 is 9.47 Å². The molecule has 0 unspecified atom stereocenters. The van der Waals surface area contributed by atoms with Crippen molar-refractivity contribution in [3.63, 3.8) is 0 Å². The van der Waals surface area contributed by atoms with E-state index in [1.807, 2.05) is 29.6 Å². The second kappa shape index (κ2) is 9.16. The molecule has 2 aromatic heterocycles. The van der Waals surface area contributed by atoms with E-state index in [4.69, 9.17) is 14.5 Å². The predicted octanol–water partition coefficient (Wildman–Crippen LogP) is 4.67. The normalized spacial score (nSPS) is 10.7. The van der Waals surface area contributed by atoms with E-state index in [0.717, 1.165) is 37.8 Å². The molecule has 26 heavy (non-hydrogen) atoms. The third-order valence-electron chi connectivity index (χ3n) is 3.39. The van der Waals surface area contributed by atoms with E-state index in [1.165, 1.54) is 0 Å². The van der Waals surface area contributed by atoms with Gasteiger partial charge in [-0.25, -0.2) is 9.97 Å². The van der Waals surface area contributed by atoms with Crippen molar-refractivity contribution in [2.75, 3.05) is 13.7 Å². The SMILES string of the molecule is CCOC(=O)Cc1csc(SCc2csc(-c3ccc(OC)cc3)n2)n1. The molecule has 2 heterocycles. The third kappa shape index (κ3) is 5.06. The van der Waals surface area contributed by atoms with E-state index in [2.05, 4.69) is 10.4 Å².